The minimum atomic E-state index is 0.860. The number of thioether (sulfide) groups is 1. The Bertz CT molecular complexity index is 667. The third-order valence-corrected chi connectivity index (χ3v) is 4.57. The van der Waals surface area contributed by atoms with Gasteiger partial charge in [0, 0.05) is 26.7 Å². The summed E-state index contributed by atoms with van der Waals surface area (Å²) < 4.78 is 0. The van der Waals surface area contributed by atoms with Gasteiger partial charge in [-0.05, 0) is 17.7 Å². The normalized spacial score (nSPS) is 14.7. The number of thiocarbonyl (C=S) groups is 1. The Morgan fingerprint density at radius 2 is 1.50 bits per heavy atom. The first kappa shape index (κ1) is 13.3. The summed E-state index contributed by atoms with van der Waals surface area (Å²) in [5.41, 5.74) is 2.41. The van der Waals surface area contributed by atoms with E-state index in [1.165, 1.54) is 20.9 Å². The van der Waals surface area contributed by atoms with Crippen LogP contribution in [0.15, 0.2) is 82.6 Å². The van der Waals surface area contributed by atoms with E-state index in [0.29, 0.717) is 0 Å². The molecule has 0 nitrogen and oxygen atoms in total. The average Bonchev–Trinajstić information content (AvgIpc) is 2.49. The van der Waals surface area contributed by atoms with Crippen LogP contribution in [0.2, 0.25) is 0 Å². The molecule has 2 heteroatoms. The molecule has 1 aliphatic rings. The van der Waals surface area contributed by atoms with Crippen LogP contribution in [0.3, 0.4) is 0 Å². The zero-order valence-electron chi connectivity index (χ0n) is 11.0. The first-order chi connectivity index (χ1) is 9.84. The summed E-state index contributed by atoms with van der Waals surface area (Å²) in [6.45, 7) is 0. The minimum Gasteiger partial charge on any atom is -0.0894 e. The van der Waals surface area contributed by atoms with Crippen molar-refractivity contribution in [1.29, 1.82) is 0 Å². The van der Waals surface area contributed by atoms with Crippen LogP contribution in [-0.2, 0) is 0 Å². The number of benzene rings is 2. The molecule has 20 heavy (non-hydrogen) atoms. The van der Waals surface area contributed by atoms with Crippen molar-refractivity contribution in [1.82, 2.24) is 0 Å². The highest BCUT2D eigenvalue weighted by Crippen LogP contribution is 2.37. The summed E-state index contributed by atoms with van der Waals surface area (Å²) in [6, 6.07) is 20.9. The largest absolute Gasteiger partial charge is 0.0894 e. The van der Waals surface area contributed by atoms with Crippen molar-refractivity contribution in [3.05, 3.63) is 83.3 Å². The quantitative estimate of drug-likeness (QED) is 0.684. The third-order valence-electron chi connectivity index (χ3n) is 3.13. The van der Waals surface area contributed by atoms with Crippen molar-refractivity contribution in [2.24, 2.45) is 0 Å². The van der Waals surface area contributed by atoms with Crippen LogP contribution in [0.4, 0.5) is 0 Å². The van der Waals surface area contributed by atoms with Gasteiger partial charge in [0.05, 0.1) is 0 Å². The molecule has 2 aromatic carbocycles. The monoisotopic (exact) mass is 294 g/mol. The highest BCUT2D eigenvalue weighted by Gasteiger charge is 2.16. The SMILES string of the molecule is S=C1CC=CC(Sc2ccccc2)=C1c1ccccc1. The van der Waals surface area contributed by atoms with Gasteiger partial charge in [0.2, 0.25) is 0 Å². The summed E-state index contributed by atoms with van der Waals surface area (Å²) in [7, 11) is 0. The predicted octanol–water partition coefficient (Wildman–Crippen LogP) is 5.52. The lowest BCUT2D eigenvalue weighted by Gasteiger charge is -2.17. The van der Waals surface area contributed by atoms with E-state index in [9.17, 15) is 0 Å². The molecule has 0 aliphatic heterocycles. The average molecular weight is 294 g/mol. The molecule has 0 atom stereocenters. The number of hydrogen-bond donors (Lipinski definition) is 0. The third kappa shape index (κ3) is 2.92. The fourth-order valence-electron chi connectivity index (χ4n) is 2.20. The maximum atomic E-state index is 5.58. The molecule has 0 saturated carbocycles. The van der Waals surface area contributed by atoms with Gasteiger partial charge in [0.25, 0.3) is 0 Å². The number of hydrogen-bond acceptors (Lipinski definition) is 2. The second-order valence-corrected chi connectivity index (χ2v) is 6.16. The maximum Gasteiger partial charge on any atom is 0.0279 e. The van der Waals surface area contributed by atoms with Crippen molar-refractivity contribution in [3.8, 4) is 0 Å². The molecule has 0 saturated heterocycles. The highest BCUT2D eigenvalue weighted by molar-refractivity contribution is 8.03. The standard InChI is InChI=1S/C18H14S2/c19-16-12-7-13-17(20-15-10-5-2-6-11-15)18(16)14-8-3-1-4-9-14/h1-11,13H,12H2. The van der Waals surface area contributed by atoms with Crippen LogP contribution in [0.5, 0.6) is 0 Å². The first-order valence-electron chi connectivity index (χ1n) is 6.57. The second kappa shape index (κ2) is 6.21. The van der Waals surface area contributed by atoms with E-state index < -0.39 is 0 Å². The van der Waals surface area contributed by atoms with Crippen LogP contribution >= 0.6 is 24.0 Å². The topological polar surface area (TPSA) is 0 Å². The van der Waals surface area contributed by atoms with Crippen molar-refractivity contribution < 1.29 is 0 Å². The van der Waals surface area contributed by atoms with E-state index in [2.05, 4.69) is 60.7 Å². The van der Waals surface area contributed by atoms with Gasteiger partial charge in [-0.3, -0.25) is 0 Å². The van der Waals surface area contributed by atoms with Gasteiger partial charge in [-0.25, -0.2) is 0 Å². The predicted molar refractivity (Wildman–Crippen MR) is 92.0 cm³/mol. The highest BCUT2D eigenvalue weighted by atomic mass is 32.2. The molecular formula is C18H14S2. The number of rotatable bonds is 3. The van der Waals surface area contributed by atoms with Crippen molar-refractivity contribution in [2.45, 2.75) is 11.3 Å². The van der Waals surface area contributed by atoms with Crippen molar-refractivity contribution in [3.63, 3.8) is 0 Å². The smallest absolute Gasteiger partial charge is 0.0279 e. The van der Waals surface area contributed by atoms with E-state index in [0.717, 1.165) is 11.3 Å². The Morgan fingerprint density at radius 3 is 2.20 bits per heavy atom. The van der Waals surface area contributed by atoms with Crippen LogP contribution in [0.25, 0.3) is 5.57 Å². The molecule has 0 amide bonds. The molecule has 0 fully saturated rings. The van der Waals surface area contributed by atoms with E-state index in [-0.39, 0.29) is 0 Å². The summed E-state index contributed by atoms with van der Waals surface area (Å²) in [5.74, 6) is 0. The Kier molecular flexibility index (Phi) is 4.14. The van der Waals surface area contributed by atoms with Crippen LogP contribution in [0, 0.1) is 0 Å². The molecular weight excluding hydrogens is 280 g/mol. The van der Waals surface area contributed by atoms with E-state index in [1.807, 2.05) is 12.1 Å². The van der Waals surface area contributed by atoms with Gasteiger partial charge in [-0.2, -0.15) is 0 Å². The van der Waals surface area contributed by atoms with Gasteiger partial charge in [-0.1, -0.05) is 84.7 Å². The van der Waals surface area contributed by atoms with Crippen molar-refractivity contribution >= 4 is 34.4 Å². The molecule has 0 spiro atoms. The molecule has 3 rings (SSSR count). The Labute approximate surface area is 129 Å². The molecule has 1 aliphatic carbocycles. The van der Waals surface area contributed by atoms with Gasteiger partial charge < -0.3 is 0 Å². The van der Waals surface area contributed by atoms with Crippen molar-refractivity contribution in [2.75, 3.05) is 0 Å². The molecule has 0 heterocycles. The Hall–Kier alpha value is -1.64. The fraction of sp³-hybridized carbons (Fsp3) is 0.0556. The summed E-state index contributed by atoms with van der Waals surface area (Å²) in [6.07, 6.45) is 5.20. The van der Waals surface area contributed by atoms with Crippen LogP contribution < -0.4 is 0 Å². The van der Waals surface area contributed by atoms with Crippen LogP contribution in [0.1, 0.15) is 12.0 Å². The fourth-order valence-corrected chi connectivity index (χ4v) is 3.65. The maximum absolute atomic E-state index is 5.58. The van der Waals surface area contributed by atoms with Gasteiger partial charge >= 0.3 is 0 Å². The molecule has 0 unspecified atom stereocenters. The molecule has 0 N–H and O–H groups in total. The molecule has 0 aromatic heterocycles. The lowest BCUT2D eigenvalue weighted by Crippen LogP contribution is -2.03. The summed E-state index contributed by atoms with van der Waals surface area (Å²) in [4.78, 5) is 3.50. The van der Waals surface area contributed by atoms with E-state index >= 15 is 0 Å². The zero-order chi connectivity index (χ0) is 13.8. The number of allylic oxidation sites excluding steroid dienone is 3. The molecule has 0 bridgehead atoms. The van der Waals surface area contributed by atoms with Crippen LogP contribution in [-0.4, -0.2) is 4.86 Å². The summed E-state index contributed by atoms with van der Waals surface area (Å²) in [5, 5.41) is 0. The lowest BCUT2D eigenvalue weighted by molar-refractivity contribution is 1.45. The Morgan fingerprint density at radius 1 is 0.850 bits per heavy atom. The second-order valence-electron chi connectivity index (χ2n) is 4.55. The molecule has 0 radical (unpaired) electrons. The van der Waals surface area contributed by atoms with Gasteiger partial charge in [-0.15, -0.1) is 0 Å². The summed E-state index contributed by atoms with van der Waals surface area (Å²) >= 11 is 7.36. The first-order valence-corrected chi connectivity index (χ1v) is 7.79. The van der Waals surface area contributed by atoms with Gasteiger partial charge in [0.1, 0.15) is 0 Å². The molecule has 2 aromatic rings. The van der Waals surface area contributed by atoms with E-state index in [1.54, 1.807) is 11.8 Å². The van der Waals surface area contributed by atoms with Gasteiger partial charge in [0.15, 0.2) is 0 Å². The zero-order valence-corrected chi connectivity index (χ0v) is 12.6. The molecule has 98 valence electrons. The van der Waals surface area contributed by atoms with E-state index in [4.69, 9.17) is 12.2 Å². The minimum absolute atomic E-state index is 0.860. The lowest BCUT2D eigenvalue weighted by atomic mass is 9.97. The Balaban J connectivity index is 2.03.